The van der Waals surface area contributed by atoms with Gasteiger partial charge in [-0.15, -0.1) is 0 Å². The molecular weight excluding hydrogens is 166 g/mol. The first-order valence-electron chi connectivity index (χ1n) is 4.93. The Labute approximate surface area is 81.7 Å². The molecule has 0 aromatic heterocycles. The third kappa shape index (κ3) is 6.99. The highest BCUT2D eigenvalue weighted by Crippen LogP contribution is 2.09. The summed E-state index contributed by atoms with van der Waals surface area (Å²) < 4.78 is 0. The Bertz CT molecular complexity index is 95.8. The molecule has 0 aliphatic heterocycles. The molecule has 0 saturated carbocycles. The minimum Gasteiger partial charge on any atom is -0.313 e. The zero-order valence-corrected chi connectivity index (χ0v) is 9.71. The van der Waals surface area contributed by atoms with Gasteiger partial charge in [0.15, 0.2) is 0 Å². The minimum atomic E-state index is 0.687. The van der Waals surface area contributed by atoms with Crippen molar-refractivity contribution in [3.63, 3.8) is 0 Å². The van der Waals surface area contributed by atoms with Crippen LogP contribution in [0.15, 0.2) is 0 Å². The van der Waals surface area contributed by atoms with E-state index in [0.29, 0.717) is 6.04 Å². The zero-order chi connectivity index (χ0) is 9.40. The number of nitrogens with one attached hydrogen (secondary N) is 1. The van der Waals surface area contributed by atoms with Gasteiger partial charge in [0.1, 0.15) is 0 Å². The SMILES string of the molecule is CCC(C)CC(C)NCCSC. The summed E-state index contributed by atoms with van der Waals surface area (Å²) in [5, 5.41) is 3.53. The fourth-order valence-corrected chi connectivity index (χ4v) is 1.58. The van der Waals surface area contributed by atoms with Gasteiger partial charge in [-0.1, -0.05) is 20.3 Å². The van der Waals surface area contributed by atoms with Gasteiger partial charge in [-0.3, -0.25) is 0 Å². The van der Waals surface area contributed by atoms with Gasteiger partial charge < -0.3 is 5.32 Å². The second-order valence-electron chi connectivity index (χ2n) is 3.60. The standard InChI is InChI=1S/C10H23NS/c1-5-9(2)8-10(3)11-6-7-12-4/h9-11H,5-8H2,1-4H3. The molecule has 0 rings (SSSR count). The van der Waals surface area contributed by atoms with Crippen LogP contribution in [0.4, 0.5) is 0 Å². The Morgan fingerprint density at radius 1 is 1.33 bits per heavy atom. The van der Waals surface area contributed by atoms with Crippen LogP contribution in [0.3, 0.4) is 0 Å². The summed E-state index contributed by atoms with van der Waals surface area (Å²) >= 11 is 1.91. The fourth-order valence-electron chi connectivity index (χ4n) is 1.26. The van der Waals surface area contributed by atoms with Gasteiger partial charge in [-0.05, 0) is 25.5 Å². The molecule has 0 heterocycles. The van der Waals surface area contributed by atoms with Crippen LogP contribution in [0.2, 0.25) is 0 Å². The van der Waals surface area contributed by atoms with Crippen molar-refractivity contribution in [2.45, 2.75) is 39.7 Å². The maximum Gasteiger partial charge on any atom is 0.00554 e. The van der Waals surface area contributed by atoms with Crippen molar-refractivity contribution >= 4 is 11.8 Å². The number of hydrogen-bond acceptors (Lipinski definition) is 2. The Kier molecular flexibility index (Phi) is 8.14. The van der Waals surface area contributed by atoms with E-state index in [4.69, 9.17) is 0 Å². The Morgan fingerprint density at radius 3 is 2.50 bits per heavy atom. The van der Waals surface area contributed by atoms with E-state index < -0.39 is 0 Å². The van der Waals surface area contributed by atoms with Crippen molar-refractivity contribution in [2.75, 3.05) is 18.6 Å². The van der Waals surface area contributed by atoms with Gasteiger partial charge in [0, 0.05) is 18.3 Å². The Hall–Kier alpha value is 0.310. The second-order valence-corrected chi connectivity index (χ2v) is 4.58. The van der Waals surface area contributed by atoms with E-state index in [0.717, 1.165) is 12.5 Å². The van der Waals surface area contributed by atoms with E-state index in [1.165, 1.54) is 18.6 Å². The normalized spacial score (nSPS) is 16.0. The molecule has 12 heavy (non-hydrogen) atoms. The molecule has 0 amide bonds. The molecule has 0 radical (unpaired) electrons. The summed E-state index contributed by atoms with van der Waals surface area (Å²) in [7, 11) is 0. The maximum atomic E-state index is 3.53. The Balaban J connectivity index is 3.26. The molecule has 74 valence electrons. The molecule has 2 heteroatoms. The third-order valence-corrected chi connectivity index (χ3v) is 2.86. The molecule has 0 aliphatic rings. The van der Waals surface area contributed by atoms with E-state index in [9.17, 15) is 0 Å². The lowest BCUT2D eigenvalue weighted by Crippen LogP contribution is -2.29. The number of thioether (sulfide) groups is 1. The number of rotatable bonds is 7. The van der Waals surface area contributed by atoms with E-state index in [1.54, 1.807) is 0 Å². The molecular formula is C10H23NS. The molecule has 0 spiro atoms. The van der Waals surface area contributed by atoms with E-state index >= 15 is 0 Å². The molecule has 2 unspecified atom stereocenters. The highest BCUT2D eigenvalue weighted by molar-refractivity contribution is 7.98. The molecule has 0 aromatic carbocycles. The summed E-state index contributed by atoms with van der Waals surface area (Å²) in [5.41, 5.74) is 0. The smallest absolute Gasteiger partial charge is 0.00554 e. The highest BCUT2D eigenvalue weighted by atomic mass is 32.2. The van der Waals surface area contributed by atoms with Gasteiger partial charge >= 0.3 is 0 Å². The zero-order valence-electron chi connectivity index (χ0n) is 8.89. The predicted octanol–water partition coefficient (Wildman–Crippen LogP) is 2.76. The average Bonchev–Trinajstić information content (AvgIpc) is 2.05. The highest BCUT2D eigenvalue weighted by Gasteiger charge is 2.05. The van der Waals surface area contributed by atoms with Crippen LogP contribution in [0.5, 0.6) is 0 Å². The fraction of sp³-hybridized carbons (Fsp3) is 1.00. The summed E-state index contributed by atoms with van der Waals surface area (Å²) in [6.07, 6.45) is 4.76. The van der Waals surface area contributed by atoms with Crippen LogP contribution in [-0.4, -0.2) is 24.6 Å². The van der Waals surface area contributed by atoms with Crippen molar-refractivity contribution in [1.82, 2.24) is 5.32 Å². The molecule has 0 aromatic rings. The molecule has 0 aliphatic carbocycles. The first kappa shape index (κ1) is 12.3. The van der Waals surface area contributed by atoms with Crippen molar-refractivity contribution in [2.24, 2.45) is 5.92 Å². The maximum absolute atomic E-state index is 3.53. The number of hydrogen-bond donors (Lipinski definition) is 1. The van der Waals surface area contributed by atoms with Crippen LogP contribution in [0.25, 0.3) is 0 Å². The van der Waals surface area contributed by atoms with Gasteiger partial charge in [-0.2, -0.15) is 11.8 Å². The van der Waals surface area contributed by atoms with Gasteiger partial charge in [-0.25, -0.2) is 0 Å². The van der Waals surface area contributed by atoms with Gasteiger partial charge in [0.05, 0.1) is 0 Å². The lowest BCUT2D eigenvalue weighted by molar-refractivity contribution is 0.420. The van der Waals surface area contributed by atoms with E-state index in [2.05, 4.69) is 32.3 Å². The quantitative estimate of drug-likeness (QED) is 0.618. The largest absolute Gasteiger partial charge is 0.313 e. The van der Waals surface area contributed by atoms with Crippen LogP contribution < -0.4 is 5.32 Å². The van der Waals surface area contributed by atoms with Crippen molar-refractivity contribution in [3.8, 4) is 0 Å². The monoisotopic (exact) mass is 189 g/mol. The predicted molar refractivity (Wildman–Crippen MR) is 59.9 cm³/mol. The average molecular weight is 189 g/mol. The lowest BCUT2D eigenvalue weighted by Gasteiger charge is -2.16. The molecule has 1 N–H and O–H groups in total. The topological polar surface area (TPSA) is 12.0 Å². The van der Waals surface area contributed by atoms with E-state index in [-0.39, 0.29) is 0 Å². The van der Waals surface area contributed by atoms with Gasteiger partial charge in [0.2, 0.25) is 0 Å². The first-order chi connectivity index (χ1) is 5.70. The summed E-state index contributed by atoms with van der Waals surface area (Å²) in [4.78, 5) is 0. The lowest BCUT2D eigenvalue weighted by atomic mass is 10.0. The molecule has 0 saturated heterocycles. The third-order valence-electron chi connectivity index (χ3n) is 2.25. The summed E-state index contributed by atoms with van der Waals surface area (Å²) in [6.45, 7) is 8.03. The van der Waals surface area contributed by atoms with Crippen LogP contribution >= 0.6 is 11.8 Å². The van der Waals surface area contributed by atoms with E-state index in [1.807, 2.05) is 11.8 Å². The second kappa shape index (κ2) is 7.93. The van der Waals surface area contributed by atoms with Crippen molar-refractivity contribution < 1.29 is 0 Å². The Morgan fingerprint density at radius 2 is 2.00 bits per heavy atom. The summed E-state index contributed by atoms with van der Waals surface area (Å²) in [6, 6.07) is 0.687. The van der Waals surface area contributed by atoms with Crippen molar-refractivity contribution in [3.05, 3.63) is 0 Å². The molecule has 0 fully saturated rings. The summed E-state index contributed by atoms with van der Waals surface area (Å²) in [5.74, 6) is 2.09. The van der Waals surface area contributed by atoms with Crippen LogP contribution in [0.1, 0.15) is 33.6 Å². The van der Waals surface area contributed by atoms with Crippen molar-refractivity contribution in [1.29, 1.82) is 0 Å². The van der Waals surface area contributed by atoms with Crippen LogP contribution in [0, 0.1) is 5.92 Å². The van der Waals surface area contributed by atoms with Crippen LogP contribution in [-0.2, 0) is 0 Å². The molecule has 1 nitrogen and oxygen atoms in total. The molecule has 2 atom stereocenters. The van der Waals surface area contributed by atoms with Gasteiger partial charge in [0.25, 0.3) is 0 Å². The molecule has 0 bridgehead atoms. The minimum absolute atomic E-state index is 0.687. The first-order valence-corrected chi connectivity index (χ1v) is 6.32.